The number of nitrogens with one attached hydrogen (secondary N) is 1. The number of amides is 1. The summed E-state index contributed by atoms with van der Waals surface area (Å²) in [5.41, 5.74) is 4.69. The van der Waals surface area contributed by atoms with Crippen molar-refractivity contribution in [2.75, 3.05) is 19.4 Å². The monoisotopic (exact) mass is 282 g/mol. The Bertz CT molecular complexity index is 603. The van der Waals surface area contributed by atoms with Gasteiger partial charge in [-0.3, -0.25) is 4.79 Å². The predicted octanol–water partition coefficient (Wildman–Crippen LogP) is 3.24. The van der Waals surface area contributed by atoms with Gasteiger partial charge in [0.15, 0.2) is 0 Å². The Balaban J connectivity index is 1.94. The second kappa shape index (κ2) is 6.93. The van der Waals surface area contributed by atoms with Gasteiger partial charge in [-0.05, 0) is 35.7 Å². The molecule has 0 heterocycles. The quantitative estimate of drug-likeness (QED) is 0.913. The number of hydrogen-bond donors (Lipinski definition) is 1. The third kappa shape index (κ3) is 4.35. The van der Waals surface area contributed by atoms with Crippen LogP contribution in [0.3, 0.4) is 0 Å². The molecular weight excluding hydrogens is 260 g/mol. The molecular formula is C18H22N2O. The maximum absolute atomic E-state index is 11.7. The molecule has 0 unspecified atom stereocenters. The van der Waals surface area contributed by atoms with Gasteiger partial charge >= 0.3 is 0 Å². The Morgan fingerprint density at radius 1 is 1.05 bits per heavy atom. The molecule has 0 atom stereocenters. The van der Waals surface area contributed by atoms with Crippen LogP contribution >= 0.6 is 0 Å². The molecule has 0 aromatic heterocycles. The van der Waals surface area contributed by atoms with Crippen LogP contribution in [0.5, 0.6) is 0 Å². The Kier molecular flexibility index (Phi) is 4.99. The summed E-state index contributed by atoms with van der Waals surface area (Å²) in [6, 6.07) is 16.4. The van der Waals surface area contributed by atoms with Gasteiger partial charge in [0, 0.05) is 26.3 Å². The summed E-state index contributed by atoms with van der Waals surface area (Å²) in [7, 11) is 3.56. The molecule has 21 heavy (non-hydrogen) atoms. The molecule has 1 amide bonds. The van der Waals surface area contributed by atoms with E-state index in [1.165, 1.54) is 11.1 Å². The maximum atomic E-state index is 11.7. The van der Waals surface area contributed by atoms with Gasteiger partial charge in [0.2, 0.25) is 5.91 Å². The maximum Gasteiger partial charge on any atom is 0.226 e. The number of carbonyl (C=O) groups is 1. The van der Waals surface area contributed by atoms with Gasteiger partial charge in [-0.15, -0.1) is 0 Å². The van der Waals surface area contributed by atoms with E-state index in [2.05, 4.69) is 36.5 Å². The number of likely N-dealkylation sites (N-methyl/N-ethyl adjacent to an activating group) is 1. The minimum absolute atomic E-state index is 0.121. The molecule has 0 radical (unpaired) electrons. The standard InChI is InChI=1S/C18H22N2O/c1-14-6-4-5-7-16(14)13-19-17-10-8-15(9-11-17)12-18(21)20(2)3/h4-11,19H,12-13H2,1-3H3. The summed E-state index contributed by atoms with van der Waals surface area (Å²) < 4.78 is 0. The van der Waals surface area contributed by atoms with Crippen molar-refractivity contribution in [3.63, 3.8) is 0 Å². The highest BCUT2D eigenvalue weighted by molar-refractivity contribution is 5.78. The van der Waals surface area contributed by atoms with Crippen LogP contribution in [-0.4, -0.2) is 24.9 Å². The largest absolute Gasteiger partial charge is 0.381 e. The van der Waals surface area contributed by atoms with Crippen LogP contribution in [0.25, 0.3) is 0 Å². The van der Waals surface area contributed by atoms with Crippen LogP contribution in [-0.2, 0) is 17.8 Å². The molecule has 0 aliphatic rings. The molecule has 2 aromatic carbocycles. The highest BCUT2D eigenvalue weighted by atomic mass is 16.2. The fourth-order valence-corrected chi connectivity index (χ4v) is 2.08. The summed E-state index contributed by atoms with van der Waals surface area (Å²) in [4.78, 5) is 13.3. The number of hydrogen-bond acceptors (Lipinski definition) is 2. The van der Waals surface area contributed by atoms with E-state index in [1.807, 2.05) is 24.3 Å². The van der Waals surface area contributed by atoms with Crippen molar-refractivity contribution in [3.05, 3.63) is 65.2 Å². The zero-order valence-corrected chi connectivity index (χ0v) is 12.9. The molecule has 0 aliphatic heterocycles. The lowest BCUT2D eigenvalue weighted by Crippen LogP contribution is -2.23. The van der Waals surface area contributed by atoms with E-state index >= 15 is 0 Å². The van der Waals surface area contributed by atoms with Crippen molar-refractivity contribution < 1.29 is 4.79 Å². The molecule has 0 aliphatic carbocycles. The van der Waals surface area contributed by atoms with Crippen LogP contribution in [0.15, 0.2) is 48.5 Å². The van der Waals surface area contributed by atoms with Gasteiger partial charge in [0.1, 0.15) is 0 Å². The van der Waals surface area contributed by atoms with Gasteiger partial charge in [-0.2, -0.15) is 0 Å². The van der Waals surface area contributed by atoms with E-state index in [4.69, 9.17) is 0 Å². The minimum Gasteiger partial charge on any atom is -0.381 e. The fourth-order valence-electron chi connectivity index (χ4n) is 2.08. The van der Waals surface area contributed by atoms with Gasteiger partial charge in [-0.25, -0.2) is 0 Å². The Hall–Kier alpha value is -2.29. The normalized spacial score (nSPS) is 10.2. The van der Waals surface area contributed by atoms with E-state index in [1.54, 1.807) is 19.0 Å². The number of carbonyl (C=O) groups excluding carboxylic acids is 1. The number of benzene rings is 2. The van der Waals surface area contributed by atoms with Gasteiger partial charge in [0.05, 0.1) is 6.42 Å². The Morgan fingerprint density at radius 3 is 2.33 bits per heavy atom. The number of anilines is 1. The summed E-state index contributed by atoms with van der Waals surface area (Å²) in [6.45, 7) is 2.93. The first-order chi connectivity index (χ1) is 10.1. The molecule has 110 valence electrons. The summed E-state index contributed by atoms with van der Waals surface area (Å²) >= 11 is 0. The van der Waals surface area contributed by atoms with Crippen molar-refractivity contribution in [1.29, 1.82) is 0 Å². The number of aryl methyl sites for hydroxylation is 1. The second-order valence-electron chi connectivity index (χ2n) is 5.44. The summed E-state index contributed by atoms with van der Waals surface area (Å²) in [5.74, 6) is 0.121. The SMILES string of the molecule is Cc1ccccc1CNc1ccc(CC(=O)N(C)C)cc1. The number of nitrogens with zero attached hydrogens (tertiary/aromatic N) is 1. The average Bonchev–Trinajstić information content (AvgIpc) is 2.48. The summed E-state index contributed by atoms with van der Waals surface area (Å²) in [6.07, 6.45) is 0.449. The van der Waals surface area contributed by atoms with Gasteiger partial charge in [0.25, 0.3) is 0 Å². The van der Waals surface area contributed by atoms with E-state index in [0.717, 1.165) is 17.8 Å². The highest BCUT2D eigenvalue weighted by Crippen LogP contribution is 2.14. The van der Waals surface area contributed by atoms with Crippen LogP contribution in [0, 0.1) is 6.92 Å². The van der Waals surface area contributed by atoms with E-state index in [-0.39, 0.29) is 5.91 Å². The first-order valence-electron chi connectivity index (χ1n) is 7.14. The average molecular weight is 282 g/mol. The number of rotatable bonds is 5. The molecule has 2 rings (SSSR count). The molecule has 0 saturated heterocycles. The van der Waals surface area contributed by atoms with Crippen molar-refractivity contribution in [2.45, 2.75) is 19.9 Å². The first-order valence-corrected chi connectivity index (χ1v) is 7.14. The van der Waals surface area contributed by atoms with Crippen molar-refractivity contribution in [1.82, 2.24) is 4.90 Å². The molecule has 0 bridgehead atoms. The first kappa shape index (κ1) is 15.1. The molecule has 1 N–H and O–H groups in total. The van der Waals surface area contributed by atoms with Crippen LogP contribution in [0.4, 0.5) is 5.69 Å². The molecule has 0 saturated carbocycles. The topological polar surface area (TPSA) is 32.3 Å². The smallest absolute Gasteiger partial charge is 0.226 e. The zero-order valence-electron chi connectivity index (χ0n) is 12.9. The highest BCUT2D eigenvalue weighted by Gasteiger charge is 2.05. The van der Waals surface area contributed by atoms with E-state index in [0.29, 0.717) is 6.42 Å². The van der Waals surface area contributed by atoms with Crippen molar-refractivity contribution in [2.24, 2.45) is 0 Å². The third-order valence-corrected chi connectivity index (χ3v) is 3.55. The third-order valence-electron chi connectivity index (χ3n) is 3.55. The lowest BCUT2D eigenvalue weighted by Gasteiger charge is -2.11. The van der Waals surface area contributed by atoms with Crippen LogP contribution in [0.2, 0.25) is 0 Å². The van der Waals surface area contributed by atoms with Crippen LogP contribution < -0.4 is 5.32 Å². The lowest BCUT2D eigenvalue weighted by molar-refractivity contribution is -0.127. The van der Waals surface area contributed by atoms with E-state index < -0.39 is 0 Å². The zero-order chi connectivity index (χ0) is 15.2. The second-order valence-corrected chi connectivity index (χ2v) is 5.44. The van der Waals surface area contributed by atoms with Gasteiger partial charge in [-0.1, -0.05) is 36.4 Å². The van der Waals surface area contributed by atoms with E-state index in [9.17, 15) is 4.79 Å². The van der Waals surface area contributed by atoms with Crippen molar-refractivity contribution in [3.8, 4) is 0 Å². The summed E-state index contributed by atoms with van der Waals surface area (Å²) in [5, 5.41) is 3.41. The molecule has 2 aromatic rings. The fraction of sp³-hybridized carbons (Fsp3) is 0.278. The van der Waals surface area contributed by atoms with Gasteiger partial charge < -0.3 is 10.2 Å². The molecule has 0 fully saturated rings. The Labute approximate surface area is 126 Å². The molecule has 3 heteroatoms. The van der Waals surface area contributed by atoms with Crippen LogP contribution in [0.1, 0.15) is 16.7 Å². The van der Waals surface area contributed by atoms with Crippen molar-refractivity contribution >= 4 is 11.6 Å². The lowest BCUT2D eigenvalue weighted by atomic mass is 10.1. The molecule has 0 spiro atoms. The molecule has 3 nitrogen and oxygen atoms in total. The Morgan fingerprint density at radius 2 is 1.71 bits per heavy atom. The minimum atomic E-state index is 0.121. The predicted molar refractivity (Wildman–Crippen MR) is 87.3 cm³/mol.